The Kier molecular flexibility index (Phi) is 1.83. The van der Waals surface area contributed by atoms with Crippen LogP contribution in [0.1, 0.15) is 30.3 Å². The lowest BCUT2D eigenvalue weighted by Crippen LogP contribution is -2.21. The Hall–Kier alpha value is -1.35. The van der Waals surface area contributed by atoms with Crippen molar-refractivity contribution in [3.8, 4) is 0 Å². The minimum Gasteiger partial charge on any atom is -0.327 e. The van der Waals surface area contributed by atoms with E-state index in [1.807, 2.05) is 0 Å². The van der Waals surface area contributed by atoms with E-state index in [0.717, 1.165) is 30.7 Å². The standard InChI is InChI=1S/C12H15N3/c1-8-4-5-11-10(7-8)14-12-9(13)3-2-6-15(11)12/h4-5,7,9H,2-3,6,13H2,1H3. The molecule has 1 unspecified atom stereocenters. The zero-order chi connectivity index (χ0) is 10.4. The fourth-order valence-electron chi connectivity index (χ4n) is 2.37. The van der Waals surface area contributed by atoms with E-state index >= 15 is 0 Å². The summed E-state index contributed by atoms with van der Waals surface area (Å²) in [5, 5.41) is 0. The third-order valence-corrected chi connectivity index (χ3v) is 3.16. The van der Waals surface area contributed by atoms with E-state index in [-0.39, 0.29) is 6.04 Å². The van der Waals surface area contributed by atoms with E-state index in [4.69, 9.17) is 5.73 Å². The molecule has 0 aliphatic carbocycles. The lowest BCUT2D eigenvalue weighted by molar-refractivity contribution is 0.459. The SMILES string of the molecule is Cc1ccc2c(c1)nc1n2CCCC1N. The van der Waals surface area contributed by atoms with Crippen molar-refractivity contribution in [1.29, 1.82) is 0 Å². The van der Waals surface area contributed by atoms with Gasteiger partial charge in [0.25, 0.3) is 0 Å². The first-order valence-electron chi connectivity index (χ1n) is 5.48. The number of rotatable bonds is 0. The Morgan fingerprint density at radius 1 is 1.47 bits per heavy atom. The molecule has 0 saturated carbocycles. The molecule has 3 nitrogen and oxygen atoms in total. The van der Waals surface area contributed by atoms with Crippen LogP contribution in [0.2, 0.25) is 0 Å². The van der Waals surface area contributed by atoms with Gasteiger partial charge in [-0.05, 0) is 37.5 Å². The van der Waals surface area contributed by atoms with Crippen LogP contribution in [-0.2, 0) is 6.54 Å². The third kappa shape index (κ3) is 1.27. The molecular formula is C12H15N3. The molecule has 2 aromatic rings. The normalized spacial score (nSPS) is 20.5. The minimum absolute atomic E-state index is 0.117. The molecule has 2 N–H and O–H groups in total. The number of hydrogen-bond acceptors (Lipinski definition) is 2. The first-order valence-corrected chi connectivity index (χ1v) is 5.48. The molecule has 15 heavy (non-hydrogen) atoms. The van der Waals surface area contributed by atoms with Gasteiger partial charge in [0, 0.05) is 6.54 Å². The fourth-order valence-corrected chi connectivity index (χ4v) is 2.37. The van der Waals surface area contributed by atoms with Crippen LogP contribution >= 0.6 is 0 Å². The molecule has 0 spiro atoms. The Balaban J connectivity index is 2.30. The average Bonchev–Trinajstić information content (AvgIpc) is 2.57. The van der Waals surface area contributed by atoms with E-state index in [1.54, 1.807) is 0 Å². The fraction of sp³-hybridized carbons (Fsp3) is 0.417. The molecular weight excluding hydrogens is 186 g/mol. The third-order valence-electron chi connectivity index (χ3n) is 3.16. The highest BCUT2D eigenvalue weighted by molar-refractivity contribution is 5.77. The summed E-state index contributed by atoms with van der Waals surface area (Å²) in [6.07, 6.45) is 2.22. The summed E-state index contributed by atoms with van der Waals surface area (Å²) in [5.74, 6) is 1.06. The molecule has 0 radical (unpaired) electrons. The maximum Gasteiger partial charge on any atom is 0.126 e. The second-order valence-corrected chi connectivity index (χ2v) is 4.36. The van der Waals surface area contributed by atoms with Gasteiger partial charge < -0.3 is 10.3 Å². The first kappa shape index (κ1) is 8.92. The van der Waals surface area contributed by atoms with Gasteiger partial charge >= 0.3 is 0 Å². The van der Waals surface area contributed by atoms with Crippen LogP contribution in [0.5, 0.6) is 0 Å². The van der Waals surface area contributed by atoms with Gasteiger partial charge in [0.05, 0.1) is 17.1 Å². The van der Waals surface area contributed by atoms with Gasteiger partial charge in [-0.25, -0.2) is 4.98 Å². The molecule has 78 valence electrons. The molecule has 0 fully saturated rings. The summed E-state index contributed by atoms with van der Waals surface area (Å²) >= 11 is 0. The van der Waals surface area contributed by atoms with Gasteiger partial charge in [-0.15, -0.1) is 0 Å². The van der Waals surface area contributed by atoms with E-state index in [0.29, 0.717) is 0 Å². The molecule has 1 aromatic heterocycles. The molecule has 3 heteroatoms. The van der Waals surface area contributed by atoms with E-state index in [9.17, 15) is 0 Å². The molecule has 1 atom stereocenters. The zero-order valence-corrected chi connectivity index (χ0v) is 8.90. The van der Waals surface area contributed by atoms with Gasteiger partial charge in [-0.2, -0.15) is 0 Å². The second kappa shape index (κ2) is 3.07. The highest BCUT2D eigenvalue weighted by Crippen LogP contribution is 2.27. The summed E-state index contributed by atoms with van der Waals surface area (Å²) in [6, 6.07) is 6.54. The molecule has 2 heterocycles. The molecule has 0 amide bonds. The van der Waals surface area contributed by atoms with Crippen LogP contribution in [0.15, 0.2) is 18.2 Å². The van der Waals surface area contributed by atoms with Gasteiger partial charge in [-0.3, -0.25) is 0 Å². The number of benzene rings is 1. The molecule has 1 aromatic carbocycles. The van der Waals surface area contributed by atoms with Gasteiger partial charge in [0.1, 0.15) is 5.82 Å². The quantitative estimate of drug-likeness (QED) is 0.709. The second-order valence-electron chi connectivity index (χ2n) is 4.36. The number of imidazole rings is 1. The van der Waals surface area contributed by atoms with Crippen LogP contribution in [-0.4, -0.2) is 9.55 Å². The summed E-state index contributed by atoms with van der Waals surface area (Å²) < 4.78 is 2.27. The minimum atomic E-state index is 0.117. The largest absolute Gasteiger partial charge is 0.327 e. The lowest BCUT2D eigenvalue weighted by atomic mass is 10.1. The number of aromatic nitrogens is 2. The average molecular weight is 201 g/mol. The number of fused-ring (bicyclic) bond motifs is 3. The van der Waals surface area contributed by atoms with E-state index in [2.05, 4.69) is 34.7 Å². The highest BCUT2D eigenvalue weighted by Gasteiger charge is 2.20. The zero-order valence-electron chi connectivity index (χ0n) is 8.90. The Morgan fingerprint density at radius 3 is 3.20 bits per heavy atom. The van der Waals surface area contributed by atoms with Crippen LogP contribution in [0.25, 0.3) is 11.0 Å². The van der Waals surface area contributed by atoms with Crippen molar-refractivity contribution in [2.24, 2.45) is 5.73 Å². The maximum absolute atomic E-state index is 6.06. The monoisotopic (exact) mass is 201 g/mol. The Labute approximate surface area is 88.9 Å². The topological polar surface area (TPSA) is 43.8 Å². The number of aryl methyl sites for hydroxylation is 2. The van der Waals surface area contributed by atoms with E-state index < -0.39 is 0 Å². The molecule has 1 aliphatic rings. The smallest absolute Gasteiger partial charge is 0.126 e. The van der Waals surface area contributed by atoms with Crippen molar-refractivity contribution in [3.05, 3.63) is 29.6 Å². The van der Waals surface area contributed by atoms with Gasteiger partial charge in [-0.1, -0.05) is 6.07 Å². The molecule has 0 saturated heterocycles. The van der Waals surface area contributed by atoms with Crippen molar-refractivity contribution < 1.29 is 0 Å². The summed E-state index contributed by atoms with van der Waals surface area (Å²) in [4.78, 5) is 4.63. The highest BCUT2D eigenvalue weighted by atomic mass is 15.1. The summed E-state index contributed by atoms with van der Waals surface area (Å²) in [5.41, 5.74) is 9.63. The van der Waals surface area contributed by atoms with Crippen LogP contribution in [0.4, 0.5) is 0 Å². The Bertz CT molecular complexity index is 513. The maximum atomic E-state index is 6.06. The van der Waals surface area contributed by atoms with Crippen LogP contribution in [0.3, 0.4) is 0 Å². The van der Waals surface area contributed by atoms with E-state index in [1.165, 1.54) is 11.1 Å². The number of nitrogens with two attached hydrogens (primary N) is 1. The van der Waals surface area contributed by atoms with Gasteiger partial charge in [0.15, 0.2) is 0 Å². The number of hydrogen-bond donors (Lipinski definition) is 1. The van der Waals surface area contributed by atoms with Crippen molar-refractivity contribution in [3.63, 3.8) is 0 Å². The predicted octanol–water partition coefficient (Wildman–Crippen LogP) is 2.14. The lowest BCUT2D eigenvalue weighted by Gasteiger charge is -2.20. The van der Waals surface area contributed by atoms with Crippen molar-refractivity contribution >= 4 is 11.0 Å². The van der Waals surface area contributed by atoms with Crippen molar-refractivity contribution in [1.82, 2.24) is 9.55 Å². The van der Waals surface area contributed by atoms with Gasteiger partial charge in [0.2, 0.25) is 0 Å². The van der Waals surface area contributed by atoms with Crippen LogP contribution < -0.4 is 5.73 Å². The summed E-state index contributed by atoms with van der Waals surface area (Å²) in [7, 11) is 0. The van der Waals surface area contributed by atoms with Crippen molar-refractivity contribution in [2.45, 2.75) is 32.4 Å². The molecule has 1 aliphatic heterocycles. The Morgan fingerprint density at radius 2 is 2.33 bits per heavy atom. The van der Waals surface area contributed by atoms with Crippen LogP contribution in [0, 0.1) is 6.92 Å². The van der Waals surface area contributed by atoms with Crippen molar-refractivity contribution in [2.75, 3.05) is 0 Å². The molecule has 3 rings (SSSR count). The number of nitrogens with zero attached hydrogens (tertiary/aromatic N) is 2. The summed E-state index contributed by atoms with van der Waals surface area (Å²) in [6.45, 7) is 3.15. The molecule has 0 bridgehead atoms. The predicted molar refractivity (Wildman–Crippen MR) is 60.6 cm³/mol. The first-order chi connectivity index (χ1) is 7.25.